The molecule has 0 bridgehead atoms. The summed E-state index contributed by atoms with van der Waals surface area (Å²) >= 11 is 0. The molecule has 27 heavy (non-hydrogen) atoms. The lowest BCUT2D eigenvalue weighted by Crippen LogP contribution is -2.43. The summed E-state index contributed by atoms with van der Waals surface area (Å²) in [4.78, 5) is 26.8. The average Bonchev–Trinajstić information content (AvgIpc) is 2.73. The molecular weight excluding hydrogens is 340 g/mol. The number of anilines is 1. The van der Waals surface area contributed by atoms with E-state index in [2.05, 4.69) is 5.32 Å². The Morgan fingerprint density at radius 3 is 2.74 bits per heavy atom. The first-order valence-corrected chi connectivity index (χ1v) is 9.12. The highest BCUT2D eigenvalue weighted by Crippen LogP contribution is 2.20. The van der Waals surface area contributed by atoms with E-state index in [0.717, 1.165) is 29.8 Å². The van der Waals surface area contributed by atoms with Gasteiger partial charge in [0.1, 0.15) is 5.75 Å². The Hall–Kier alpha value is -3.08. The van der Waals surface area contributed by atoms with Crippen molar-refractivity contribution in [2.75, 3.05) is 25.5 Å². The number of para-hydroxylation sites is 1. The minimum atomic E-state index is -0.187. The maximum Gasteiger partial charge on any atom is 0.246 e. The van der Waals surface area contributed by atoms with Gasteiger partial charge in [0.25, 0.3) is 0 Å². The van der Waals surface area contributed by atoms with E-state index in [1.807, 2.05) is 54.6 Å². The number of benzene rings is 2. The average molecular weight is 364 g/mol. The molecule has 0 saturated carbocycles. The monoisotopic (exact) mass is 364 g/mol. The number of nitrogens with one attached hydrogen (secondary N) is 1. The van der Waals surface area contributed by atoms with Crippen molar-refractivity contribution in [2.24, 2.45) is 5.92 Å². The standard InChI is InChI=1S/C22H24N2O3/c1-27-20-11-5-7-17(15-20)12-13-21(25)24-14-6-8-18(16-24)22(26)23-19-9-3-2-4-10-19/h2-5,7,9-13,15,18H,6,8,14,16H2,1H3,(H,23,26)/b13-12+. The summed E-state index contributed by atoms with van der Waals surface area (Å²) in [6.07, 6.45) is 4.96. The van der Waals surface area contributed by atoms with Gasteiger partial charge in [0.2, 0.25) is 11.8 Å². The van der Waals surface area contributed by atoms with E-state index in [1.165, 1.54) is 0 Å². The number of hydrogen-bond donors (Lipinski definition) is 1. The number of piperidine rings is 1. The van der Waals surface area contributed by atoms with E-state index in [-0.39, 0.29) is 17.7 Å². The van der Waals surface area contributed by atoms with Gasteiger partial charge in [0.15, 0.2) is 0 Å². The third-order valence-electron chi connectivity index (χ3n) is 4.66. The van der Waals surface area contributed by atoms with Crippen LogP contribution in [0.3, 0.4) is 0 Å². The predicted molar refractivity (Wildman–Crippen MR) is 106 cm³/mol. The Balaban J connectivity index is 1.59. The minimum Gasteiger partial charge on any atom is -0.497 e. The smallest absolute Gasteiger partial charge is 0.246 e. The molecule has 5 heteroatoms. The zero-order valence-corrected chi connectivity index (χ0v) is 15.4. The number of amides is 2. The zero-order valence-electron chi connectivity index (χ0n) is 15.4. The van der Waals surface area contributed by atoms with E-state index in [1.54, 1.807) is 24.2 Å². The Labute approximate surface area is 159 Å². The number of hydrogen-bond acceptors (Lipinski definition) is 3. The number of carbonyl (C=O) groups excluding carboxylic acids is 2. The first kappa shape index (κ1) is 18.7. The fourth-order valence-corrected chi connectivity index (χ4v) is 3.18. The van der Waals surface area contributed by atoms with Crippen molar-refractivity contribution in [3.05, 3.63) is 66.2 Å². The molecule has 1 heterocycles. The van der Waals surface area contributed by atoms with Crippen LogP contribution >= 0.6 is 0 Å². The molecule has 2 amide bonds. The molecule has 1 atom stereocenters. The summed E-state index contributed by atoms with van der Waals surface area (Å²) < 4.78 is 5.19. The Morgan fingerprint density at radius 2 is 1.96 bits per heavy atom. The van der Waals surface area contributed by atoms with Crippen molar-refractivity contribution in [2.45, 2.75) is 12.8 Å². The van der Waals surface area contributed by atoms with E-state index in [9.17, 15) is 9.59 Å². The highest BCUT2D eigenvalue weighted by atomic mass is 16.5. The van der Waals surface area contributed by atoms with Gasteiger partial charge in [-0.15, -0.1) is 0 Å². The fraction of sp³-hybridized carbons (Fsp3) is 0.273. The molecule has 0 aliphatic carbocycles. The molecule has 1 fully saturated rings. The van der Waals surface area contributed by atoms with Gasteiger partial charge < -0.3 is 15.0 Å². The van der Waals surface area contributed by atoms with Crippen LogP contribution in [0.2, 0.25) is 0 Å². The first-order chi connectivity index (χ1) is 13.2. The van der Waals surface area contributed by atoms with Crippen LogP contribution in [0.25, 0.3) is 6.08 Å². The van der Waals surface area contributed by atoms with Gasteiger partial charge >= 0.3 is 0 Å². The van der Waals surface area contributed by atoms with Crippen LogP contribution in [0.1, 0.15) is 18.4 Å². The SMILES string of the molecule is COc1cccc(/C=C/C(=O)N2CCCC(C(=O)Nc3ccccc3)C2)c1. The second-order valence-corrected chi connectivity index (χ2v) is 6.59. The van der Waals surface area contributed by atoms with Crippen molar-refractivity contribution in [3.63, 3.8) is 0 Å². The Bertz CT molecular complexity index is 817. The van der Waals surface area contributed by atoms with Crippen molar-refractivity contribution >= 4 is 23.6 Å². The molecule has 140 valence electrons. The minimum absolute atomic E-state index is 0.0320. The molecular formula is C22H24N2O3. The summed E-state index contributed by atoms with van der Waals surface area (Å²) in [5.74, 6) is 0.457. The third kappa shape index (κ3) is 5.20. The van der Waals surface area contributed by atoms with E-state index < -0.39 is 0 Å². The van der Waals surface area contributed by atoms with Crippen LogP contribution in [0.4, 0.5) is 5.69 Å². The summed E-state index contributed by atoms with van der Waals surface area (Å²) in [6, 6.07) is 16.9. The highest BCUT2D eigenvalue weighted by molar-refractivity contribution is 5.95. The van der Waals surface area contributed by atoms with Gasteiger partial charge in [-0.05, 0) is 48.7 Å². The van der Waals surface area contributed by atoms with Crippen molar-refractivity contribution in [1.29, 1.82) is 0 Å². The van der Waals surface area contributed by atoms with Crippen LogP contribution < -0.4 is 10.1 Å². The number of ether oxygens (including phenoxy) is 1. The van der Waals surface area contributed by atoms with Crippen LogP contribution in [-0.2, 0) is 9.59 Å². The van der Waals surface area contributed by atoms with E-state index in [4.69, 9.17) is 4.74 Å². The molecule has 1 N–H and O–H groups in total. The van der Waals surface area contributed by atoms with Crippen LogP contribution in [0.15, 0.2) is 60.7 Å². The van der Waals surface area contributed by atoms with Gasteiger partial charge in [-0.25, -0.2) is 0 Å². The Kier molecular flexibility index (Phi) is 6.26. The van der Waals surface area contributed by atoms with Gasteiger partial charge in [-0.3, -0.25) is 9.59 Å². The molecule has 0 spiro atoms. The Morgan fingerprint density at radius 1 is 1.15 bits per heavy atom. The van der Waals surface area contributed by atoms with Crippen molar-refractivity contribution in [3.8, 4) is 5.75 Å². The summed E-state index contributed by atoms with van der Waals surface area (Å²) in [5, 5.41) is 2.93. The zero-order chi connectivity index (χ0) is 19.1. The van der Waals surface area contributed by atoms with E-state index in [0.29, 0.717) is 13.1 Å². The topological polar surface area (TPSA) is 58.6 Å². The number of rotatable bonds is 5. The summed E-state index contributed by atoms with van der Waals surface area (Å²) in [7, 11) is 1.61. The quantitative estimate of drug-likeness (QED) is 0.825. The third-order valence-corrected chi connectivity index (χ3v) is 4.66. The molecule has 2 aromatic rings. The van der Waals surface area contributed by atoms with E-state index >= 15 is 0 Å². The molecule has 0 aromatic heterocycles. The van der Waals surface area contributed by atoms with Gasteiger partial charge in [0, 0.05) is 24.9 Å². The summed E-state index contributed by atoms with van der Waals surface area (Å²) in [6.45, 7) is 1.12. The van der Waals surface area contributed by atoms with Crippen molar-refractivity contribution in [1.82, 2.24) is 4.90 Å². The predicted octanol–water partition coefficient (Wildman–Crippen LogP) is 3.59. The number of likely N-dealkylation sites (tertiary alicyclic amines) is 1. The molecule has 5 nitrogen and oxygen atoms in total. The maximum absolute atomic E-state index is 12.5. The molecule has 1 saturated heterocycles. The second-order valence-electron chi connectivity index (χ2n) is 6.59. The number of carbonyl (C=O) groups is 2. The van der Waals surface area contributed by atoms with Crippen LogP contribution in [-0.4, -0.2) is 36.9 Å². The van der Waals surface area contributed by atoms with Gasteiger partial charge in [-0.2, -0.15) is 0 Å². The van der Waals surface area contributed by atoms with Gasteiger partial charge in [-0.1, -0.05) is 30.3 Å². The molecule has 1 unspecified atom stereocenters. The number of nitrogens with zero attached hydrogens (tertiary/aromatic N) is 1. The molecule has 1 aliphatic rings. The maximum atomic E-state index is 12.5. The molecule has 0 radical (unpaired) electrons. The summed E-state index contributed by atoms with van der Waals surface area (Å²) in [5.41, 5.74) is 1.68. The number of methoxy groups -OCH3 is 1. The molecule has 1 aliphatic heterocycles. The first-order valence-electron chi connectivity index (χ1n) is 9.12. The van der Waals surface area contributed by atoms with Crippen LogP contribution in [0.5, 0.6) is 5.75 Å². The van der Waals surface area contributed by atoms with Gasteiger partial charge in [0.05, 0.1) is 13.0 Å². The lowest BCUT2D eigenvalue weighted by molar-refractivity contribution is -0.130. The highest BCUT2D eigenvalue weighted by Gasteiger charge is 2.27. The lowest BCUT2D eigenvalue weighted by atomic mass is 9.97. The fourth-order valence-electron chi connectivity index (χ4n) is 3.18. The van der Waals surface area contributed by atoms with Crippen LogP contribution in [0, 0.1) is 5.92 Å². The second kappa shape index (κ2) is 9.03. The lowest BCUT2D eigenvalue weighted by Gasteiger charge is -2.31. The van der Waals surface area contributed by atoms with Crippen molar-refractivity contribution < 1.29 is 14.3 Å². The normalized spacial score (nSPS) is 16.9. The molecule has 3 rings (SSSR count). The molecule has 2 aromatic carbocycles. The largest absolute Gasteiger partial charge is 0.497 e.